The third-order valence-corrected chi connectivity index (χ3v) is 6.27. The van der Waals surface area contributed by atoms with E-state index in [2.05, 4.69) is 88.7 Å². The summed E-state index contributed by atoms with van der Waals surface area (Å²) in [5.41, 5.74) is 8.95. The van der Waals surface area contributed by atoms with E-state index in [4.69, 9.17) is 4.74 Å². The average Bonchev–Trinajstić information content (AvgIpc) is 2.64. The molecule has 2 nitrogen and oxygen atoms in total. The fourth-order valence-corrected chi connectivity index (χ4v) is 4.55. The van der Waals surface area contributed by atoms with Crippen molar-refractivity contribution in [2.45, 2.75) is 40.5 Å². The van der Waals surface area contributed by atoms with Gasteiger partial charge in [-0.15, -0.1) is 0 Å². The van der Waals surface area contributed by atoms with Crippen LogP contribution in [0.4, 0.5) is 0 Å². The van der Waals surface area contributed by atoms with Crippen molar-refractivity contribution in [3.05, 3.63) is 64.7 Å². The Hall–Kier alpha value is -2.87. The van der Waals surface area contributed by atoms with Crippen LogP contribution in [0, 0.1) is 20.8 Å². The Bertz CT molecular complexity index is 1300. The predicted octanol–water partition coefficient (Wildman–Crippen LogP) is 6.64. The van der Waals surface area contributed by atoms with Crippen molar-refractivity contribution in [2.24, 2.45) is 7.05 Å². The highest BCUT2D eigenvalue weighted by molar-refractivity contribution is 6.05. The molecule has 4 aromatic rings. The van der Waals surface area contributed by atoms with Gasteiger partial charge in [0.25, 0.3) is 5.69 Å². The number of ether oxygens (including phenoxy) is 1. The van der Waals surface area contributed by atoms with Crippen molar-refractivity contribution in [3.8, 4) is 22.8 Å². The third-order valence-electron chi connectivity index (χ3n) is 6.27. The van der Waals surface area contributed by atoms with Gasteiger partial charge < -0.3 is 4.74 Å². The second kappa shape index (κ2) is 5.81. The molecule has 0 bridgehead atoms. The lowest BCUT2D eigenvalue weighted by atomic mass is 9.88. The number of fused-ring (bicyclic) bond motifs is 3. The molecule has 5 rings (SSSR count). The first-order chi connectivity index (χ1) is 13.3. The van der Waals surface area contributed by atoms with Crippen LogP contribution in [0.5, 0.6) is 11.5 Å². The van der Waals surface area contributed by atoms with E-state index in [1.165, 1.54) is 55.2 Å². The molecule has 0 fully saturated rings. The molecular weight excluding hydrogens is 342 g/mol. The van der Waals surface area contributed by atoms with Gasteiger partial charge in [0.15, 0.2) is 5.75 Å². The van der Waals surface area contributed by atoms with Gasteiger partial charge in [-0.1, -0.05) is 37.6 Å². The number of aryl methyl sites for hydroxylation is 3. The molecule has 1 aromatic heterocycles. The van der Waals surface area contributed by atoms with E-state index in [9.17, 15) is 0 Å². The number of hydrogen-bond acceptors (Lipinski definition) is 1. The van der Waals surface area contributed by atoms with Gasteiger partial charge in [0.1, 0.15) is 12.8 Å². The number of pyridine rings is 1. The molecule has 0 saturated heterocycles. The van der Waals surface area contributed by atoms with E-state index < -0.39 is 0 Å². The van der Waals surface area contributed by atoms with E-state index in [-0.39, 0.29) is 0 Å². The summed E-state index contributed by atoms with van der Waals surface area (Å²) in [7, 11) is 2.15. The molecule has 0 spiro atoms. The zero-order chi connectivity index (χ0) is 19.7. The largest absolute Gasteiger partial charge is 0.450 e. The summed E-state index contributed by atoms with van der Waals surface area (Å²) >= 11 is 0. The van der Waals surface area contributed by atoms with Crippen LogP contribution in [0.15, 0.2) is 42.5 Å². The minimum atomic E-state index is 0.464. The molecule has 140 valence electrons. The molecule has 0 radical (unpaired) electrons. The molecule has 2 heteroatoms. The predicted molar refractivity (Wildman–Crippen MR) is 116 cm³/mol. The summed E-state index contributed by atoms with van der Waals surface area (Å²) in [6.07, 6.45) is 0. The molecular formula is C26H26NO+. The highest BCUT2D eigenvalue weighted by atomic mass is 16.5. The summed E-state index contributed by atoms with van der Waals surface area (Å²) in [5.74, 6) is 2.40. The Morgan fingerprint density at radius 1 is 0.857 bits per heavy atom. The SMILES string of the molecule is Cc1ccc2c(c1)cc1c([n+]2C)-c2c(C)c(C)cc3cc(C(C)C)cc(c23)O1. The lowest BCUT2D eigenvalue weighted by molar-refractivity contribution is -0.633. The van der Waals surface area contributed by atoms with Crippen molar-refractivity contribution >= 4 is 21.7 Å². The molecule has 0 atom stereocenters. The van der Waals surface area contributed by atoms with Crippen LogP contribution in [0.25, 0.3) is 32.9 Å². The molecule has 0 amide bonds. The fourth-order valence-electron chi connectivity index (χ4n) is 4.55. The number of benzene rings is 3. The van der Waals surface area contributed by atoms with E-state index in [0.29, 0.717) is 5.92 Å². The summed E-state index contributed by atoms with van der Waals surface area (Å²) in [6.45, 7) is 11.1. The Morgan fingerprint density at radius 2 is 1.64 bits per heavy atom. The monoisotopic (exact) mass is 368 g/mol. The second-order valence-electron chi connectivity index (χ2n) is 8.55. The van der Waals surface area contributed by atoms with E-state index >= 15 is 0 Å². The first-order valence-electron chi connectivity index (χ1n) is 10.0. The van der Waals surface area contributed by atoms with Crippen molar-refractivity contribution in [3.63, 3.8) is 0 Å². The minimum Gasteiger partial charge on any atom is -0.450 e. The van der Waals surface area contributed by atoms with Crippen LogP contribution < -0.4 is 9.30 Å². The zero-order valence-corrected chi connectivity index (χ0v) is 17.5. The summed E-state index contributed by atoms with van der Waals surface area (Å²) < 4.78 is 8.84. The normalized spacial score (nSPS) is 12.5. The van der Waals surface area contributed by atoms with Crippen LogP contribution in [0.3, 0.4) is 0 Å². The Morgan fingerprint density at radius 3 is 2.39 bits per heavy atom. The Balaban J connectivity index is 1.96. The highest BCUT2D eigenvalue weighted by Gasteiger charge is 2.31. The van der Waals surface area contributed by atoms with Crippen LogP contribution in [-0.2, 0) is 7.05 Å². The molecule has 2 heterocycles. The topological polar surface area (TPSA) is 13.1 Å². The number of nitrogens with zero attached hydrogens (tertiary/aromatic N) is 1. The number of rotatable bonds is 1. The maximum atomic E-state index is 6.54. The fraction of sp³-hybridized carbons (Fsp3) is 0.269. The van der Waals surface area contributed by atoms with Crippen LogP contribution in [0.2, 0.25) is 0 Å². The summed E-state index contributed by atoms with van der Waals surface area (Å²) in [4.78, 5) is 0. The molecule has 0 unspecified atom stereocenters. The molecule has 1 aliphatic rings. The van der Waals surface area contributed by atoms with Crippen molar-refractivity contribution < 1.29 is 9.30 Å². The smallest absolute Gasteiger partial charge is 0.256 e. The molecule has 3 aromatic carbocycles. The maximum Gasteiger partial charge on any atom is 0.256 e. The Labute approximate surface area is 166 Å². The lowest BCUT2D eigenvalue weighted by Gasteiger charge is -2.23. The van der Waals surface area contributed by atoms with E-state index in [0.717, 1.165) is 11.5 Å². The molecule has 1 aliphatic heterocycles. The van der Waals surface area contributed by atoms with Gasteiger partial charge in [-0.05, 0) is 60.9 Å². The second-order valence-corrected chi connectivity index (χ2v) is 8.55. The average molecular weight is 369 g/mol. The zero-order valence-electron chi connectivity index (χ0n) is 17.5. The molecule has 28 heavy (non-hydrogen) atoms. The molecule has 0 N–H and O–H groups in total. The van der Waals surface area contributed by atoms with Gasteiger partial charge in [0, 0.05) is 17.5 Å². The van der Waals surface area contributed by atoms with Gasteiger partial charge in [0.2, 0.25) is 5.52 Å². The van der Waals surface area contributed by atoms with Gasteiger partial charge in [0.05, 0.1) is 10.9 Å². The summed E-state index contributed by atoms with van der Waals surface area (Å²) in [6, 6.07) is 15.7. The first kappa shape index (κ1) is 17.2. The van der Waals surface area contributed by atoms with Gasteiger partial charge in [-0.3, -0.25) is 0 Å². The number of aromatic nitrogens is 1. The van der Waals surface area contributed by atoms with Crippen molar-refractivity contribution in [1.82, 2.24) is 0 Å². The molecule has 0 saturated carbocycles. The maximum absolute atomic E-state index is 6.54. The van der Waals surface area contributed by atoms with Gasteiger partial charge >= 0.3 is 0 Å². The van der Waals surface area contributed by atoms with E-state index in [1.807, 2.05) is 0 Å². The van der Waals surface area contributed by atoms with Crippen molar-refractivity contribution in [2.75, 3.05) is 0 Å². The summed E-state index contributed by atoms with van der Waals surface area (Å²) in [5, 5.41) is 3.72. The van der Waals surface area contributed by atoms with Crippen molar-refractivity contribution in [1.29, 1.82) is 0 Å². The lowest BCUT2D eigenvalue weighted by Crippen LogP contribution is -2.33. The third kappa shape index (κ3) is 2.30. The van der Waals surface area contributed by atoms with Gasteiger partial charge in [-0.2, -0.15) is 4.57 Å². The Kier molecular flexibility index (Phi) is 3.58. The quantitative estimate of drug-likeness (QED) is 0.302. The molecule has 0 aliphatic carbocycles. The van der Waals surface area contributed by atoms with Crippen LogP contribution in [0.1, 0.15) is 42.0 Å². The van der Waals surface area contributed by atoms with Gasteiger partial charge in [-0.25, -0.2) is 0 Å². The van der Waals surface area contributed by atoms with Crippen LogP contribution >= 0.6 is 0 Å². The first-order valence-corrected chi connectivity index (χ1v) is 10.0. The van der Waals surface area contributed by atoms with Crippen LogP contribution in [-0.4, -0.2) is 0 Å². The standard InChI is InChI=1S/C26H26NO/c1-14(2)18-11-20-10-16(4)17(5)24-25(20)22(12-18)28-23-13-19-9-15(3)7-8-21(19)27(6)26(23)24/h7-14H,1-6H3/q+1. The minimum absolute atomic E-state index is 0.464. The van der Waals surface area contributed by atoms with E-state index in [1.54, 1.807) is 0 Å². The highest BCUT2D eigenvalue weighted by Crippen LogP contribution is 2.48. The number of hydrogen-bond donors (Lipinski definition) is 0.